The van der Waals surface area contributed by atoms with Gasteiger partial charge in [-0.1, -0.05) is 25.1 Å². The summed E-state index contributed by atoms with van der Waals surface area (Å²) in [6, 6.07) is 16.2. The minimum atomic E-state index is -4.12. The Hall–Kier alpha value is -3.56. The van der Waals surface area contributed by atoms with E-state index >= 15 is 0 Å². The molecule has 0 radical (unpaired) electrons. The van der Waals surface area contributed by atoms with Crippen molar-refractivity contribution >= 4 is 31.6 Å². The van der Waals surface area contributed by atoms with Crippen LogP contribution < -0.4 is 9.46 Å². The Labute approximate surface area is 282 Å². The number of aliphatic hydroxyl groups excluding tert-OH is 1. The van der Waals surface area contributed by atoms with Crippen LogP contribution in [0.5, 0.6) is 5.75 Å². The van der Waals surface area contributed by atoms with Crippen molar-refractivity contribution in [3.63, 3.8) is 0 Å². The lowest BCUT2D eigenvalue weighted by Crippen LogP contribution is -2.48. The van der Waals surface area contributed by atoms with Crippen LogP contribution in [0.1, 0.15) is 50.4 Å². The number of carbonyl (C=O) groups is 1. The third-order valence-electron chi connectivity index (χ3n) is 8.32. The number of ether oxygens (including phenoxy) is 2. The molecule has 4 atom stereocenters. The van der Waals surface area contributed by atoms with E-state index in [-0.39, 0.29) is 58.5 Å². The van der Waals surface area contributed by atoms with Gasteiger partial charge in [-0.2, -0.15) is 4.31 Å². The van der Waals surface area contributed by atoms with Crippen molar-refractivity contribution in [2.75, 3.05) is 38.1 Å². The van der Waals surface area contributed by atoms with Crippen LogP contribution in [-0.2, 0) is 24.8 Å². The molecule has 0 unspecified atom stereocenters. The van der Waals surface area contributed by atoms with Crippen LogP contribution in [0.15, 0.2) is 82.6 Å². The van der Waals surface area contributed by atoms with Gasteiger partial charge in [-0.3, -0.25) is 9.52 Å². The van der Waals surface area contributed by atoms with Crippen molar-refractivity contribution in [3.8, 4) is 5.75 Å². The standard InChI is InChI=1S/C34H44FN3O8S2/c1-24-21-38(25(2)23-39)34(40)31-20-28(36-47(41,42)29-16-13-27(35)14-17-29)15-18-32(31)46-26(3)10-8-9-19-45-33(24)22-37(4)48(43,44)30-11-6-5-7-12-30/h5-7,11-18,20,24-26,33,36,39H,8-10,19,21-23H2,1-4H3/t24-,25-,26-,33-/m0/s1. The molecule has 0 saturated carbocycles. The van der Waals surface area contributed by atoms with Gasteiger partial charge < -0.3 is 19.5 Å². The summed E-state index contributed by atoms with van der Waals surface area (Å²) in [7, 11) is -6.44. The molecule has 1 amide bonds. The van der Waals surface area contributed by atoms with Gasteiger partial charge in [-0.05, 0) is 87.7 Å². The molecule has 1 aliphatic rings. The second kappa shape index (κ2) is 16.2. The topological polar surface area (TPSA) is 143 Å². The van der Waals surface area contributed by atoms with Gasteiger partial charge >= 0.3 is 0 Å². The van der Waals surface area contributed by atoms with Gasteiger partial charge in [0.15, 0.2) is 0 Å². The van der Waals surface area contributed by atoms with Crippen LogP contribution in [0.4, 0.5) is 10.1 Å². The minimum Gasteiger partial charge on any atom is -0.490 e. The van der Waals surface area contributed by atoms with E-state index in [1.165, 1.54) is 46.6 Å². The van der Waals surface area contributed by atoms with Crippen molar-refractivity contribution in [3.05, 3.63) is 84.2 Å². The van der Waals surface area contributed by atoms with Gasteiger partial charge in [-0.25, -0.2) is 21.2 Å². The Bertz CT molecular complexity index is 1740. The molecule has 3 aromatic carbocycles. The first-order chi connectivity index (χ1) is 22.7. The van der Waals surface area contributed by atoms with E-state index in [0.29, 0.717) is 19.4 Å². The van der Waals surface area contributed by atoms with Gasteiger partial charge in [0, 0.05) is 38.3 Å². The van der Waals surface area contributed by atoms with Crippen LogP contribution in [-0.4, -0.2) is 88.7 Å². The van der Waals surface area contributed by atoms with Gasteiger partial charge in [0.05, 0.1) is 40.2 Å². The summed E-state index contributed by atoms with van der Waals surface area (Å²) in [5.41, 5.74) is 0.161. The van der Waals surface area contributed by atoms with E-state index < -0.39 is 43.9 Å². The average molecular weight is 706 g/mol. The molecule has 0 aliphatic carbocycles. The molecule has 262 valence electrons. The SMILES string of the molecule is C[C@H]1CCCCO[C@@H](CN(C)S(=O)(=O)c2ccccc2)[C@@H](C)CN([C@@H](C)CO)C(=O)c2cc(NS(=O)(=O)c3ccc(F)cc3)ccc2O1. The third-order valence-corrected chi connectivity index (χ3v) is 11.6. The van der Waals surface area contributed by atoms with Gasteiger partial charge in [0.2, 0.25) is 10.0 Å². The van der Waals surface area contributed by atoms with Crippen LogP contribution in [0.3, 0.4) is 0 Å². The number of hydrogen-bond donors (Lipinski definition) is 2. The number of nitrogens with zero attached hydrogens (tertiary/aromatic N) is 2. The van der Waals surface area contributed by atoms with Crippen LogP contribution >= 0.6 is 0 Å². The molecular formula is C34H44FN3O8S2. The largest absolute Gasteiger partial charge is 0.490 e. The molecule has 0 spiro atoms. The highest BCUT2D eigenvalue weighted by Gasteiger charge is 2.32. The number of amides is 1. The van der Waals surface area contributed by atoms with Crippen LogP contribution in [0.25, 0.3) is 0 Å². The van der Waals surface area contributed by atoms with Crippen LogP contribution in [0.2, 0.25) is 0 Å². The fraction of sp³-hybridized carbons (Fsp3) is 0.441. The number of aliphatic hydroxyl groups is 1. The second-order valence-electron chi connectivity index (χ2n) is 12.2. The molecule has 11 nitrogen and oxygen atoms in total. The van der Waals surface area contributed by atoms with E-state index in [2.05, 4.69) is 4.72 Å². The number of anilines is 1. The van der Waals surface area contributed by atoms with Crippen molar-refractivity contribution in [1.29, 1.82) is 0 Å². The molecule has 0 saturated heterocycles. The van der Waals surface area contributed by atoms with Crippen LogP contribution in [0, 0.1) is 11.7 Å². The number of rotatable bonds is 9. The second-order valence-corrected chi connectivity index (χ2v) is 15.9. The Balaban J connectivity index is 1.68. The summed E-state index contributed by atoms with van der Waals surface area (Å²) in [5, 5.41) is 10.2. The van der Waals surface area contributed by atoms with Gasteiger partial charge in [-0.15, -0.1) is 0 Å². The first kappa shape index (κ1) is 37.3. The predicted octanol–water partition coefficient (Wildman–Crippen LogP) is 4.74. The van der Waals surface area contributed by atoms with E-state index in [1.807, 2.05) is 13.8 Å². The molecule has 3 aromatic rings. The number of hydrogen-bond acceptors (Lipinski definition) is 8. The Morgan fingerprint density at radius 3 is 2.35 bits per heavy atom. The molecule has 0 aromatic heterocycles. The number of benzene rings is 3. The maximum atomic E-state index is 14.3. The number of sulfonamides is 2. The highest BCUT2D eigenvalue weighted by molar-refractivity contribution is 7.92. The molecule has 1 heterocycles. The minimum absolute atomic E-state index is 0.0271. The molecule has 48 heavy (non-hydrogen) atoms. The highest BCUT2D eigenvalue weighted by atomic mass is 32.2. The van der Waals surface area contributed by atoms with E-state index in [1.54, 1.807) is 25.1 Å². The zero-order valence-corrected chi connectivity index (χ0v) is 29.2. The first-order valence-corrected chi connectivity index (χ1v) is 18.8. The number of carbonyl (C=O) groups excluding carboxylic acids is 1. The maximum absolute atomic E-state index is 14.3. The van der Waals surface area contributed by atoms with E-state index in [0.717, 1.165) is 30.7 Å². The molecular weight excluding hydrogens is 662 g/mol. The van der Waals surface area contributed by atoms with E-state index in [9.17, 15) is 31.1 Å². The smallest absolute Gasteiger partial charge is 0.261 e. The van der Waals surface area contributed by atoms with Crippen molar-refractivity contribution in [1.82, 2.24) is 9.21 Å². The highest BCUT2D eigenvalue weighted by Crippen LogP contribution is 2.30. The van der Waals surface area contributed by atoms with Crippen molar-refractivity contribution in [2.24, 2.45) is 5.92 Å². The lowest BCUT2D eigenvalue weighted by atomic mass is 10.0. The zero-order valence-electron chi connectivity index (χ0n) is 27.6. The number of nitrogens with one attached hydrogen (secondary N) is 1. The fourth-order valence-corrected chi connectivity index (χ4v) is 7.65. The normalized spacial score (nSPS) is 20.8. The number of fused-ring (bicyclic) bond motifs is 1. The molecule has 2 N–H and O–H groups in total. The number of likely N-dealkylation sites (N-methyl/N-ethyl adjacent to an activating group) is 1. The van der Waals surface area contributed by atoms with Gasteiger partial charge in [0.1, 0.15) is 11.6 Å². The molecule has 1 aliphatic heterocycles. The molecule has 0 fully saturated rings. The zero-order chi connectivity index (χ0) is 35.1. The van der Waals surface area contributed by atoms with Gasteiger partial charge in [0.25, 0.3) is 15.9 Å². The Kier molecular flexibility index (Phi) is 12.6. The summed E-state index contributed by atoms with van der Waals surface area (Å²) in [4.78, 5) is 15.8. The lowest BCUT2D eigenvalue weighted by Gasteiger charge is -2.35. The summed E-state index contributed by atoms with van der Waals surface area (Å²) in [6.45, 7) is 5.53. The summed E-state index contributed by atoms with van der Waals surface area (Å²) >= 11 is 0. The number of halogens is 1. The summed E-state index contributed by atoms with van der Waals surface area (Å²) in [6.07, 6.45) is 1.17. The molecule has 14 heteroatoms. The van der Waals surface area contributed by atoms with Crippen molar-refractivity contribution in [2.45, 2.75) is 68.1 Å². The monoisotopic (exact) mass is 705 g/mol. The third kappa shape index (κ3) is 9.32. The first-order valence-electron chi connectivity index (χ1n) is 15.9. The Morgan fingerprint density at radius 2 is 1.69 bits per heavy atom. The lowest BCUT2D eigenvalue weighted by molar-refractivity contribution is -0.00833. The van der Waals surface area contributed by atoms with Crippen molar-refractivity contribution < 1.29 is 40.6 Å². The average Bonchev–Trinajstić information content (AvgIpc) is 3.06. The fourth-order valence-electron chi connectivity index (χ4n) is 5.40. The summed E-state index contributed by atoms with van der Waals surface area (Å²) in [5.74, 6) is -1.24. The quantitative estimate of drug-likeness (QED) is 0.325. The maximum Gasteiger partial charge on any atom is 0.261 e. The predicted molar refractivity (Wildman–Crippen MR) is 180 cm³/mol. The summed E-state index contributed by atoms with van der Waals surface area (Å²) < 4.78 is 82.5. The molecule has 0 bridgehead atoms. The van der Waals surface area contributed by atoms with E-state index in [4.69, 9.17) is 9.47 Å². The Morgan fingerprint density at radius 1 is 1.00 bits per heavy atom. The molecule has 4 rings (SSSR count).